The summed E-state index contributed by atoms with van der Waals surface area (Å²) in [6.07, 6.45) is 7.54. The molecule has 1 atom stereocenters. The molecule has 164 valence electrons. The van der Waals surface area contributed by atoms with Gasteiger partial charge in [-0.15, -0.1) is 0 Å². The van der Waals surface area contributed by atoms with Crippen LogP contribution < -0.4 is 21.3 Å². The van der Waals surface area contributed by atoms with Crippen LogP contribution in [0.4, 0.5) is 16.2 Å². The molecule has 0 aliphatic carbocycles. The van der Waals surface area contributed by atoms with Crippen molar-refractivity contribution < 1.29 is 9.59 Å². The van der Waals surface area contributed by atoms with Crippen LogP contribution in [0.2, 0.25) is 5.02 Å². The number of carbonyl (C=O) groups is 2. The van der Waals surface area contributed by atoms with Crippen LogP contribution in [0, 0.1) is 6.92 Å². The third-order valence-corrected chi connectivity index (χ3v) is 5.56. The number of halogens is 1. The smallest absolute Gasteiger partial charge is 0.323 e. The highest BCUT2D eigenvalue weighted by Crippen LogP contribution is 2.26. The van der Waals surface area contributed by atoms with Crippen LogP contribution in [-0.2, 0) is 11.3 Å². The number of hydrogen-bond acceptors (Lipinski definition) is 3. The first-order chi connectivity index (χ1) is 15.4. The molecule has 3 amide bonds. The van der Waals surface area contributed by atoms with Gasteiger partial charge in [0.05, 0.1) is 11.2 Å². The van der Waals surface area contributed by atoms with E-state index in [2.05, 4.69) is 25.8 Å². The summed E-state index contributed by atoms with van der Waals surface area (Å²) in [4.78, 5) is 23.9. The van der Waals surface area contributed by atoms with E-state index in [1.807, 2.05) is 67.9 Å². The van der Waals surface area contributed by atoms with Crippen molar-refractivity contribution in [3.63, 3.8) is 0 Å². The number of benzene rings is 2. The van der Waals surface area contributed by atoms with Gasteiger partial charge in [-0.25, -0.2) is 4.79 Å². The molecule has 7 nitrogen and oxygen atoms in total. The van der Waals surface area contributed by atoms with Crippen molar-refractivity contribution >= 4 is 45.8 Å². The molecule has 0 radical (unpaired) electrons. The van der Waals surface area contributed by atoms with Gasteiger partial charge < -0.3 is 25.8 Å². The number of dihydropyridines is 1. The first-order valence-corrected chi connectivity index (χ1v) is 10.6. The normalized spacial score (nSPS) is 15.1. The maximum Gasteiger partial charge on any atom is 0.323 e. The Labute approximate surface area is 191 Å². The van der Waals surface area contributed by atoms with Gasteiger partial charge in [0.2, 0.25) is 5.91 Å². The fourth-order valence-electron chi connectivity index (χ4n) is 3.61. The Morgan fingerprint density at radius 2 is 2.00 bits per heavy atom. The number of allylic oxidation sites excluding steroid dienone is 2. The Balaban J connectivity index is 1.50. The van der Waals surface area contributed by atoms with Crippen LogP contribution in [-0.4, -0.2) is 22.7 Å². The fourth-order valence-corrected chi connectivity index (χ4v) is 3.79. The maximum atomic E-state index is 12.5. The Hall–Kier alpha value is -3.71. The van der Waals surface area contributed by atoms with E-state index in [0.29, 0.717) is 22.9 Å². The number of urea groups is 1. The molecule has 1 aromatic heterocycles. The number of nitrogens with zero attached hydrogens (tertiary/aromatic N) is 1. The van der Waals surface area contributed by atoms with Crippen molar-refractivity contribution in [1.82, 2.24) is 15.2 Å². The van der Waals surface area contributed by atoms with Crippen LogP contribution in [0.1, 0.15) is 12.5 Å². The number of carbonyl (C=O) groups excluding carboxylic acids is 2. The summed E-state index contributed by atoms with van der Waals surface area (Å²) in [5.41, 5.74) is 4.34. The van der Waals surface area contributed by atoms with Crippen LogP contribution in [0.25, 0.3) is 10.9 Å². The molecule has 1 aliphatic rings. The van der Waals surface area contributed by atoms with Crippen LogP contribution in [0.3, 0.4) is 0 Å². The van der Waals surface area contributed by atoms with Crippen molar-refractivity contribution in [2.45, 2.75) is 26.6 Å². The molecule has 32 heavy (non-hydrogen) atoms. The van der Waals surface area contributed by atoms with Gasteiger partial charge in [-0.05, 0) is 66.7 Å². The molecule has 1 aliphatic heterocycles. The maximum absolute atomic E-state index is 12.5. The van der Waals surface area contributed by atoms with E-state index in [4.69, 9.17) is 11.6 Å². The first kappa shape index (κ1) is 21.5. The summed E-state index contributed by atoms with van der Waals surface area (Å²) < 4.78 is 2.10. The monoisotopic (exact) mass is 449 g/mol. The minimum absolute atomic E-state index is 0.0956. The molecule has 0 saturated heterocycles. The predicted octanol–water partition coefficient (Wildman–Crippen LogP) is 4.75. The van der Waals surface area contributed by atoms with Crippen LogP contribution in [0.15, 0.2) is 72.6 Å². The molecule has 2 heterocycles. The Morgan fingerprint density at radius 1 is 1.16 bits per heavy atom. The second-order valence-corrected chi connectivity index (χ2v) is 8.05. The van der Waals surface area contributed by atoms with Gasteiger partial charge in [0, 0.05) is 35.8 Å². The molecule has 0 fully saturated rings. The lowest BCUT2D eigenvalue weighted by Gasteiger charge is -2.20. The molecular formula is C24H24ClN5O2. The molecule has 4 N–H and O–H groups in total. The summed E-state index contributed by atoms with van der Waals surface area (Å²) >= 11 is 6.14. The molecule has 8 heteroatoms. The Kier molecular flexibility index (Phi) is 6.18. The number of aromatic nitrogens is 1. The molecule has 1 unspecified atom stereocenters. The number of hydrogen-bond donors (Lipinski definition) is 4. The van der Waals surface area contributed by atoms with E-state index >= 15 is 0 Å². The summed E-state index contributed by atoms with van der Waals surface area (Å²) in [7, 11) is 0. The number of nitrogens with one attached hydrogen (secondary N) is 4. The number of rotatable bonds is 5. The summed E-state index contributed by atoms with van der Waals surface area (Å²) in [5.74, 6) is -0.0956. The molecule has 0 saturated carbocycles. The number of aryl methyl sites for hydroxylation is 1. The second-order valence-electron chi connectivity index (χ2n) is 7.64. The second kappa shape index (κ2) is 9.20. The highest BCUT2D eigenvalue weighted by molar-refractivity contribution is 6.31. The van der Waals surface area contributed by atoms with E-state index in [9.17, 15) is 9.59 Å². The quantitative estimate of drug-likeness (QED) is 0.453. The molecule has 0 bridgehead atoms. The van der Waals surface area contributed by atoms with Gasteiger partial charge in [-0.1, -0.05) is 23.7 Å². The highest BCUT2D eigenvalue weighted by atomic mass is 35.5. The lowest BCUT2D eigenvalue weighted by molar-refractivity contribution is -0.119. The molecule has 0 spiro atoms. The Bertz CT molecular complexity index is 1240. The number of anilines is 2. The molecule has 3 aromatic rings. The van der Waals surface area contributed by atoms with Crippen molar-refractivity contribution in [1.29, 1.82) is 0 Å². The third kappa shape index (κ3) is 4.95. The van der Waals surface area contributed by atoms with Crippen molar-refractivity contribution in [3.05, 3.63) is 83.2 Å². The summed E-state index contributed by atoms with van der Waals surface area (Å²) in [6.45, 7) is 4.04. The summed E-state index contributed by atoms with van der Waals surface area (Å²) in [5, 5.41) is 13.2. The van der Waals surface area contributed by atoms with Gasteiger partial charge in [0.15, 0.2) is 0 Å². The largest absolute Gasteiger partial charge is 0.368 e. The van der Waals surface area contributed by atoms with E-state index in [1.165, 1.54) is 6.92 Å². The lowest BCUT2D eigenvalue weighted by Crippen LogP contribution is -2.42. The van der Waals surface area contributed by atoms with E-state index in [0.717, 1.165) is 22.0 Å². The van der Waals surface area contributed by atoms with Gasteiger partial charge in [-0.3, -0.25) is 4.79 Å². The Morgan fingerprint density at radius 3 is 2.78 bits per heavy atom. The molecule has 2 aromatic carbocycles. The van der Waals surface area contributed by atoms with E-state index in [1.54, 1.807) is 6.07 Å². The average Bonchev–Trinajstić information content (AvgIpc) is 3.14. The van der Waals surface area contributed by atoms with Crippen molar-refractivity contribution in [2.75, 3.05) is 10.6 Å². The predicted molar refractivity (Wildman–Crippen MR) is 129 cm³/mol. The van der Waals surface area contributed by atoms with Gasteiger partial charge >= 0.3 is 6.03 Å². The van der Waals surface area contributed by atoms with Crippen LogP contribution >= 0.6 is 11.6 Å². The zero-order chi connectivity index (χ0) is 22.7. The third-order valence-electron chi connectivity index (χ3n) is 5.16. The number of amides is 3. The minimum Gasteiger partial charge on any atom is -0.368 e. The standard InChI is InChI=1S/C24H24ClN5O2/c1-15-6-7-18(13-20(15)25)28-24(32)29-21-4-3-5-22-19(21)9-11-30(22)14-17-8-10-26-23(12-17)27-16(2)31/h3-13,23,26H,14H2,1-2H3,(H,27,31)(H2,28,29,32). The van der Waals surface area contributed by atoms with Gasteiger partial charge in [0.1, 0.15) is 6.17 Å². The summed E-state index contributed by atoms with van der Waals surface area (Å²) in [6, 6.07) is 12.8. The average molecular weight is 450 g/mol. The SMILES string of the molecule is CC(=O)NC1C=C(Cn2ccc3c(NC(=O)Nc4ccc(C)c(Cl)c4)cccc32)C=CN1. The highest BCUT2D eigenvalue weighted by Gasteiger charge is 2.13. The lowest BCUT2D eigenvalue weighted by atomic mass is 10.1. The van der Waals surface area contributed by atoms with Crippen molar-refractivity contribution in [3.8, 4) is 0 Å². The van der Waals surface area contributed by atoms with Crippen molar-refractivity contribution in [2.24, 2.45) is 0 Å². The van der Waals surface area contributed by atoms with Crippen LogP contribution in [0.5, 0.6) is 0 Å². The zero-order valence-corrected chi connectivity index (χ0v) is 18.5. The topological polar surface area (TPSA) is 87.2 Å². The fraction of sp³-hybridized carbons (Fsp3) is 0.167. The minimum atomic E-state index is -0.340. The van der Waals surface area contributed by atoms with E-state index in [-0.39, 0.29) is 18.1 Å². The van der Waals surface area contributed by atoms with E-state index < -0.39 is 0 Å². The first-order valence-electron chi connectivity index (χ1n) is 10.2. The van der Waals surface area contributed by atoms with Gasteiger partial charge in [-0.2, -0.15) is 0 Å². The zero-order valence-electron chi connectivity index (χ0n) is 17.8. The molecular weight excluding hydrogens is 426 g/mol. The number of fused-ring (bicyclic) bond motifs is 1. The molecule has 4 rings (SSSR count). The van der Waals surface area contributed by atoms with Gasteiger partial charge in [0.25, 0.3) is 0 Å².